The minimum absolute atomic E-state index is 0.169. The molecule has 116 valence electrons. The van der Waals surface area contributed by atoms with Gasteiger partial charge in [0.05, 0.1) is 5.69 Å². The van der Waals surface area contributed by atoms with E-state index in [1.807, 2.05) is 32.0 Å². The van der Waals surface area contributed by atoms with Crippen LogP contribution in [0, 0.1) is 25.5 Å². The van der Waals surface area contributed by atoms with Gasteiger partial charge in [0.2, 0.25) is 0 Å². The Morgan fingerprint density at radius 2 is 1.73 bits per heavy atom. The quantitative estimate of drug-likeness (QED) is 0.903. The van der Waals surface area contributed by atoms with Gasteiger partial charge < -0.3 is 10.2 Å². The fourth-order valence-corrected chi connectivity index (χ4v) is 2.31. The average Bonchev–Trinajstić information content (AvgIpc) is 2.41. The predicted molar refractivity (Wildman–Crippen MR) is 82.8 cm³/mol. The predicted octanol–water partition coefficient (Wildman–Crippen LogP) is 4.25. The van der Waals surface area contributed by atoms with E-state index in [-0.39, 0.29) is 5.69 Å². The number of nitrogens with zero attached hydrogens (tertiary/aromatic N) is 1. The van der Waals surface area contributed by atoms with Crippen LogP contribution in [0.4, 0.5) is 19.3 Å². The highest BCUT2D eigenvalue weighted by Gasteiger charge is 2.13. The summed E-state index contributed by atoms with van der Waals surface area (Å²) in [5.41, 5.74) is 3.03. The Morgan fingerprint density at radius 3 is 2.36 bits per heavy atom. The largest absolute Gasteiger partial charge is 0.323 e. The Morgan fingerprint density at radius 1 is 1.09 bits per heavy atom. The van der Waals surface area contributed by atoms with E-state index in [0.29, 0.717) is 6.54 Å². The lowest BCUT2D eigenvalue weighted by Crippen LogP contribution is -2.31. The highest BCUT2D eigenvalue weighted by atomic mass is 19.1. The van der Waals surface area contributed by atoms with E-state index in [1.165, 1.54) is 4.90 Å². The number of nitrogens with one attached hydrogen (secondary N) is 1. The molecule has 2 amide bonds. The molecule has 0 aliphatic carbocycles. The Bertz CT molecular complexity index is 681. The highest BCUT2D eigenvalue weighted by Crippen LogP contribution is 2.16. The molecular weight excluding hydrogens is 286 g/mol. The molecule has 0 radical (unpaired) electrons. The molecule has 0 saturated carbocycles. The van der Waals surface area contributed by atoms with Gasteiger partial charge in [-0.3, -0.25) is 0 Å². The van der Waals surface area contributed by atoms with Crippen LogP contribution < -0.4 is 5.32 Å². The van der Waals surface area contributed by atoms with Gasteiger partial charge in [0, 0.05) is 19.7 Å². The Hall–Kier alpha value is -2.43. The van der Waals surface area contributed by atoms with Crippen molar-refractivity contribution in [3.8, 4) is 0 Å². The van der Waals surface area contributed by atoms with Crippen LogP contribution in [0.1, 0.15) is 16.7 Å². The van der Waals surface area contributed by atoms with Gasteiger partial charge in [0.25, 0.3) is 0 Å². The number of carbonyl (C=O) groups excluding carboxylic acids is 1. The summed E-state index contributed by atoms with van der Waals surface area (Å²) < 4.78 is 26.6. The molecule has 0 aromatic heterocycles. The van der Waals surface area contributed by atoms with Crippen molar-refractivity contribution in [2.24, 2.45) is 0 Å². The number of benzene rings is 2. The summed E-state index contributed by atoms with van der Waals surface area (Å²) in [6.45, 7) is 4.35. The van der Waals surface area contributed by atoms with Crippen molar-refractivity contribution in [1.82, 2.24) is 4.90 Å². The first-order chi connectivity index (χ1) is 10.3. The molecule has 0 unspecified atom stereocenters. The van der Waals surface area contributed by atoms with E-state index in [4.69, 9.17) is 0 Å². The Kier molecular flexibility index (Phi) is 4.75. The van der Waals surface area contributed by atoms with Crippen molar-refractivity contribution in [2.75, 3.05) is 12.4 Å². The van der Waals surface area contributed by atoms with Crippen molar-refractivity contribution in [3.63, 3.8) is 0 Å². The van der Waals surface area contributed by atoms with Crippen LogP contribution in [0.25, 0.3) is 0 Å². The third kappa shape index (κ3) is 4.04. The zero-order valence-corrected chi connectivity index (χ0v) is 12.8. The number of hydrogen-bond donors (Lipinski definition) is 1. The summed E-state index contributed by atoms with van der Waals surface area (Å²) in [5.74, 6) is -1.27. The number of anilines is 1. The average molecular weight is 304 g/mol. The first-order valence-electron chi connectivity index (χ1n) is 6.89. The molecule has 5 heteroatoms. The van der Waals surface area contributed by atoms with Crippen molar-refractivity contribution >= 4 is 11.7 Å². The third-order valence-corrected chi connectivity index (χ3v) is 3.22. The fraction of sp³-hybridized carbons (Fsp3) is 0.235. The SMILES string of the molecule is Cc1cc(C)cc(CN(C)C(=O)Nc2cc(F)ccc2F)c1. The molecule has 0 heterocycles. The minimum atomic E-state index is -0.672. The molecule has 0 spiro atoms. The van der Waals surface area contributed by atoms with Crippen LogP contribution in [0.3, 0.4) is 0 Å². The van der Waals surface area contributed by atoms with Gasteiger partial charge in [-0.2, -0.15) is 0 Å². The molecule has 2 rings (SSSR count). The normalized spacial score (nSPS) is 10.4. The lowest BCUT2D eigenvalue weighted by atomic mass is 10.1. The number of urea groups is 1. The molecule has 0 aliphatic heterocycles. The van der Waals surface area contributed by atoms with Crippen LogP contribution in [-0.4, -0.2) is 18.0 Å². The van der Waals surface area contributed by atoms with Crippen molar-refractivity contribution < 1.29 is 13.6 Å². The summed E-state index contributed by atoms with van der Waals surface area (Å²) in [6, 6.07) is 8.46. The molecule has 1 N–H and O–H groups in total. The first kappa shape index (κ1) is 15.9. The van der Waals surface area contributed by atoms with Gasteiger partial charge in [-0.1, -0.05) is 29.3 Å². The van der Waals surface area contributed by atoms with E-state index in [0.717, 1.165) is 34.9 Å². The van der Waals surface area contributed by atoms with Crippen molar-refractivity contribution in [3.05, 3.63) is 64.7 Å². The summed E-state index contributed by atoms with van der Waals surface area (Å²) in [4.78, 5) is 13.5. The van der Waals surface area contributed by atoms with E-state index in [2.05, 4.69) is 5.32 Å². The highest BCUT2D eigenvalue weighted by molar-refractivity contribution is 5.89. The van der Waals surface area contributed by atoms with Crippen LogP contribution in [0.15, 0.2) is 36.4 Å². The second kappa shape index (κ2) is 6.56. The molecule has 3 nitrogen and oxygen atoms in total. The van der Waals surface area contributed by atoms with Gasteiger partial charge >= 0.3 is 6.03 Å². The molecule has 0 saturated heterocycles. The topological polar surface area (TPSA) is 32.3 Å². The number of hydrogen-bond acceptors (Lipinski definition) is 1. The second-order valence-electron chi connectivity index (χ2n) is 5.41. The maximum absolute atomic E-state index is 13.5. The molecule has 2 aromatic carbocycles. The molecule has 22 heavy (non-hydrogen) atoms. The fourth-order valence-electron chi connectivity index (χ4n) is 2.31. The first-order valence-corrected chi connectivity index (χ1v) is 6.89. The van der Waals surface area contributed by atoms with Crippen LogP contribution >= 0.6 is 0 Å². The number of rotatable bonds is 3. The maximum atomic E-state index is 13.5. The minimum Gasteiger partial charge on any atom is -0.323 e. The standard InChI is InChI=1S/C17H18F2N2O/c1-11-6-12(2)8-13(7-11)10-21(3)17(22)20-16-9-14(18)4-5-15(16)19/h4-9H,10H2,1-3H3,(H,20,22). The van der Waals surface area contributed by atoms with E-state index in [9.17, 15) is 13.6 Å². The lowest BCUT2D eigenvalue weighted by Gasteiger charge is -2.19. The van der Waals surface area contributed by atoms with Gasteiger partial charge in [-0.25, -0.2) is 13.6 Å². The van der Waals surface area contributed by atoms with Gasteiger partial charge in [0.15, 0.2) is 0 Å². The maximum Gasteiger partial charge on any atom is 0.321 e. The molecule has 0 atom stereocenters. The third-order valence-electron chi connectivity index (χ3n) is 3.22. The van der Waals surface area contributed by atoms with Crippen molar-refractivity contribution in [1.29, 1.82) is 0 Å². The summed E-state index contributed by atoms with van der Waals surface area (Å²) >= 11 is 0. The molecule has 2 aromatic rings. The zero-order chi connectivity index (χ0) is 16.3. The molecule has 0 bridgehead atoms. The van der Waals surface area contributed by atoms with Crippen LogP contribution in [-0.2, 0) is 6.54 Å². The number of aryl methyl sites for hydroxylation is 2. The Balaban J connectivity index is 2.07. The van der Waals surface area contributed by atoms with E-state index in [1.54, 1.807) is 7.05 Å². The summed E-state index contributed by atoms with van der Waals surface area (Å²) in [5, 5.41) is 2.37. The molecular formula is C17H18F2N2O. The van der Waals surface area contributed by atoms with E-state index < -0.39 is 17.7 Å². The monoisotopic (exact) mass is 304 g/mol. The van der Waals surface area contributed by atoms with Crippen LogP contribution in [0.5, 0.6) is 0 Å². The van der Waals surface area contributed by atoms with Gasteiger partial charge in [0.1, 0.15) is 11.6 Å². The lowest BCUT2D eigenvalue weighted by molar-refractivity contribution is 0.220. The molecule has 0 fully saturated rings. The number of amides is 2. The zero-order valence-electron chi connectivity index (χ0n) is 12.8. The number of carbonyl (C=O) groups is 1. The number of halogens is 2. The Labute approximate surface area is 128 Å². The van der Waals surface area contributed by atoms with Gasteiger partial charge in [-0.15, -0.1) is 0 Å². The second-order valence-corrected chi connectivity index (χ2v) is 5.41. The van der Waals surface area contributed by atoms with Gasteiger partial charge in [-0.05, 0) is 31.5 Å². The smallest absolute Gasteiger partial charge is 0.321 e. The molecule has 0 aliphatic rings. The van der Waals surface area contributed by atoms with E-state index >= 15 is 0 Å². The van der Waals surface area contributed by atoms with Crippen molar-refractivity contribution in [2.45, 2.75) is 20.4 Å². The van der Waals surface area contributed by atoms with Crippen LogP contribution in [0.2, 0.25) is 0 Å². The summed E-state index contributed by atoms with van der Waals surface area (Å²) in [6.07, 6.45) is 0. The summed E-state index contributed by atoms with van der Waals surface area (Å²) in [7, 11) is 1.60.